The summed E-state index contributed by atoms with van der Waals surface area (Å²) in [5.41, 5.74) is 1.54. The van der Waals surface area contributed by atoms with E-state index in [1.54, 1.807) is 0 Å². The molecule has 3 nitrogen and oxygen atoms in total. The normalized spacial score (nSPS) is 26.0. The van der Waals surface area contributed by atoms with E-state index in [4.69, 9.17) is 22.8 Å². The molecule has 0 aromatic heterocycles. The first-order chi connectivity index (χ1) is 7.08. The second-order valence-electron chi connectivity index (χ2n) is 3.51. The van der Waals surface area contributed by atoms with Gasteiger partial charge in [-0.15, -0.1) is 18.0 Å². The number of carbonyl (C=O) groups is 1. The van der Waals surface area contributed by atoms with Crippen molar-refractivity contribution in [1.82, 2.24) is 0 Å². The number of esters is 1. The molecule has 0 unspecified atom stereocenters. The third-order valence-corrected chi connectivity index (χ3v) is 2.66. The quantitative estimate of drug-likeness (QED) is 0.440. The molecular weight excluding hydrogens is 216 g/mol. The molecule has 0 amide bonds. The van der Waals surface area contributed by atoms with E-state index in [1.165, 1.54) is 0 Å². The highest BCUT2D eigenvalue weighted by Crippen LogP contribution is 2.27. The van der Waals surface area contributed by atoms with E-state index in [0.29, 0.717) is 18.4 Å². The molecule has 1 aliphatic carbocycles. The minimum Gasteiger partial charge on any atom is -0.457 e. The number of aliphatic hydroxyl groups is 1. The van der Waals surface area contributed by atoms with Crippen molar-refractivity contribution >= 4 is 17.6 Å². The van der Waals surface area contributed by atoms with Crippen LogP contribution in [0.3, 0.4) is 0 Å². The van der Waals surface area contributed by atoms with Crippen LogP contribution in [0.4, 0.5) is 0 Å². The average molecular weight is 229 g/mol. The summed E-state index contributed by atoms with van der Waals surface area (Å²) in [5, 5.41) is 9.53. The SMILES string of the molecule is C#CC1=C(C)[C@@H](OC(=O)CCl)C[C@@H](O)C1. The summed E-state index contributed by atoms with van der Waals surface area (Å²) in [6, 6.07) is 0. The first-order valence-corrected chi connectivity index (χ1v) is 5.21. The molecule has 1 aliphatic rings. The number of hydrogen-bond acceptors (Lipinski definition) is 3. The molecule has 0 bridgehead atoms. The van der Waals surface area contributed by atoms with Crippen LogP contribution < -0.4 is 0 Å². The minimum atomic E-state index is -0.548. The largest absolute Gasteiger partial charge is 0.457 e. The second kappa shape index (κ2) is 5.20. The van der Waals surface area contributed by atoms with Gasteiger partial charge in [0.2, 0.25) is 0 Å². The van der Waals surface area contributed by atoms with E-state index >= 15 is 0 Å². The highest BCUT2D eigenvalue weighted by atomic mass is 35.5. The highest BCUT2D eigenvalue weighted by molar-refractivity contribution is 6.26. The third-order valence-electron chi connectivity index (χ3n) is 2.44. The highest BCUT2D eigenvalue weighted by Gasteiger charge is 2.27. The van der Waals surface area contributed by atoms with Gasteiger partial charge < -0.3 is 9.84 Å². The van der Waals surface area contributed by atoms with Crippen molar-refractivity contribution in [3.63, 3.8) is 0 Å². The predicted octanol–water partition coefficient (Wildman–Crippen LogP) is 1.24. The monoisotopic (exact) mass is 228 g/mol. The van der Waals surface area contributed by atoms with Gasteiger partial charge in [-0.3, -0.25) is 4.79 Å². The molecule has 1 N–H and O–H groups in total. The summed E-state index contributed by atoms with van der Waals surface area (Å²) in [7, 11) is 0. The average Bonchev–Trinajstić information content (AvgIpc) is 2.22. The van der Waals surface area contributed by atoms with Crippen LogP contribution in [0.25, 0.3) is 0 Å². The zero-order valence-corrected chi connectivity index (χ0v) is 9.25. The lowest BCUT2D eigenvalue weighted by molar-refractivity contribution is -0.145. The number of rotatable bonds is 2. The number of aliphatic hydroxyl groups excluding tert-OH is 1. The maximum Gasteiger partial charge on any atom is 0.321 e. The molecule has 0 saturated carbocycles. The number of halogens is 1. The second-order valence-corrected chi connectivity index (χ2v) is 3.78. The molecule has 0 spiro atoms. The van der Waals surface area contributed by atoms with Crippen molar-refractivity contribution in [2.24, 2.45) is 0 Å². The number of hydrogen-bond donors (Lipinski definition) is 1. The van der Waals surface area contributed by atoms with Crippen LogP contribution in [0, 0.1) is 12.3 Å². The molecule has 4 heteroatoms. The van der Waals surface area contributed by atoms with E-state index in [2.05, 4.69) is 5.92 Å². The van der Waals surface area contributed by atoms with Crippen LogP contribution in [-0.2, 0) is 9.53 Å². The smallest absolute Gasteiger partial charge is 0.321 e. The Labute approximate surface area is 94.1 Å². The van der Waals surface area contributed by atoms with Crippen molar-refractivity contribution in [3.05, 3.63) is 11.1 Å². The Bertz CT molecular complexity index is 327. The summed E-state index contributed by atoms with van der Waals surface area (Å²) >= 11 is 5.33. The molecule has 1 rings (SSSR count). The predicted molar refractivity (Wildman–Crippen MR) is 57.4 cm³/mol. The van der Waals surface area contributed by atoms with E-state index in [1.807, 2.05) is 6.92 Å². The minimum absolute atomic E-state index is 0.189. The molecule has 0 aliphatic heterocycles. The van der Waals surface area contributed by atoms with Crippen LogP contribution in [0.15, 0.2) is 11.1 Å². The van der Waals surface area contributed by atoms with E-state index < -0.39 is 18.2 Å². The maximum atomic E-state index is 11.0. The van der Waals surface area contributed by atoms with Gasteiger partial charge in [-0.25, -0.2) is 0 Å². The molecule has 0 aromatic rings. The fourth-order valence-corrected chi connectivity index (χ4v) is 1.66. The Balaban J connectivity index is 2.80. The van der Waals surface area contributed by atoms with Gasteiger partial charge in [0.15, 0.2) is 0 Å². The Morgan fingerprint density at radius 3 is 3.00 bits per heavy atom. The summed E-state index contributed by atoms with van der Waals surface area (Å²) in [4.78, 5) is 11.0. The zero-order valence-electron chi connectivity index (χ0n) is 8.50. The fraction of sp³-hybridized carbons (Fsp3) is 0.545. The Hall–Kier alpha value is -0.980. The van der Waals surface area contributed by atoms with E-state index in [-0.39, 0.29) is 5.88 Å². The van der Waals surface area contributed by atoms with Crippen molar-refractivity contribution in [2.45, 2.75) is 32.0 Å². The van der Waals surface area contributed by atoms with E-state index in [9.17, 15) is 9.90 Å². The molecule has 0 fully saturated rings. The Kier molecular flexibility index (Phi) is 4.19. The lowest BCUT2D eigenvalue weighted by Gasteiger charge is -2.27. The molecule has 82 valence electrons. The maximum absolute atomic E-state index is 11.0. The number of ether oxygens (including phenoxy) is 1. The Morgan fingerprint density at radius 2 is 2.47 bits per heavy atom. The van der Waals surface area contributed by atoms with Crippen molar-refractivity contribution in [3.8, 4) is 12.3 Å². The topological polar surface area (TPSA) is 46.5 Å². The van der Waals surface area contributed by atoms with Crippen LogP contribution in [-0.4, -0.2) is 29.2 Å². The first-order valence-electron chi connectivity index (χ1n) is 4.68. The summed E-state index contributed by atoms with van der Waals surface area (Å²) in [6.07, 6.45) is 5.15. The van der Waals surface area contributed by atoms with Crippen LogP contribution in [0.1, 0.15) is 19.8 Å². The number of alkyl halides is 1. The van der Waals surface area contributed by atoms with Crippen LogP contribution in [0.2, 0.25) is 0 Å². The zero-order chi connectivity index (χ0) is 11.4. The van der Waals surface area contributed by atoms with Crippen molar-refractivity contribution < 1.29 is 14.6 Å². The molecule has 0 radical (unpaired) electrons. The van der Waals surface area contributed by atoms with Crippen LogP contribution in [0.5, 0.6) is 0 Å². The lowest BCUT2D eigenvalue weighted by atomic mass is 9.89. The van der Waals surface area contributed by atoms with Gasteiger partial charge in [0.25, 0.3) is 0 Å². The van der Waals surface area contributed by atoms with Gasteiger partial charge >= 0.3 is 5.97 Å². The van der Waals surface area contributed by atoms with Crippen LogP contribution >= 0.6 is 11.6 Å². The van der Waals surface area contributed by atoms with Crippen molar-refractivity contribution in [2.75, 3.05) is 5.88 Å². The summed E-state index contributed by atoms with van der Waals surface area (Å²) in [5.74, 6) is 1.82. The summed E-state index contributed by atoms with van der Waals surface area (Å²) < 4.78 is 5.07. The standard InChI is InChI=1S/C11H13ClO3/c1-3-8-4-9(13)5-10(7(8)2)15-11(14)6-12/h1,9-10,13H,4-6H2,2H3/t9-,10-/m0/s1. The first kappa shape index (κ1) is 12.1. The summed E-state index contributed by atoms with van der Waals surface area (Å²) in [6.45, 7) is 1.81. The molecule has 15 heavy (non-hydrogen) atoms. The molecular formula is C11H13ClO3. The van der Waals surface area contributed by atoms with E-state index in [0.717, 1.165) is 5.57 Å². The van der Waals surface area contributed by atoms with Gasteiger partial charge in [0, 0.05) is 18.4 Å². The van der Waals surface area contributed by atoms with Gasteiger partial charge in [-0.05, 0) is 12.5 Å². The molecule has 0 saturated heterocycles. The lowest BCUT2D eigenvalue weighted by Crippen LogP contribution is -2.30. The van der Waals surface area contributed by atoms with Gasteiger partial charge in [0.05, 0.1) is 6.10 Å². The Morgan fingerprint density at radius 1 is 1.80 bits per heavy atom. The number of terminal acetylenes is 1. The van der Waals surface area contributed by atoms with Gasteiger partial charge in [-0.1, -0.05) is 5.92 Å². The van der Waals surface area contributed by atoms with Crippen molar-refractivity contribution in [1.29, 1.82) is 0 Å². The third kappa shape index (κ3) is 2.98. The van der Waals surface area contributed by atoms with Gasteiger partial charge in [0.1, 0.15) is 12.0 Å². The number of carbonyl (C=O) groups excluding carboxylic acids is 1. The molecule has 0 aromatic carbocycles. The molecule has 0 heterocycles. The van der Waals surface area contributed by atoms with Gasteiger partial charge in [-0.2, -0.15) is 0 Å². The molecule has 2 atom stereocenters. The fourth-order valence-electron chi connectivity index (χ4n) is 1.60.